The van der Waals surface area contributed by atoms with Crippen LogP contribution in [-0.2, 0) is 18.8 Å². The molecule has 0 aliphatic rings. The first-order valence-corrected chi connectivity index (χ1v) is 7.76. The van der Waals surface area contributed by atoms with Crippen molar-refractivity contribution >= 4 is 5.91 Å². The third-order valence-electron chi connectivity index (χ3n) is 3.73. The van der Waals surface area contributed by atoms with Crippen molar-refractivity contribution in [3.63, 3.8) is 0 Å². The molecule has 1 amide bonds. The maximum Gasteiger partial charge on any atom is 0.416 e. The van der Waals surface area contributed by atoms with Gasteiger partial charge in [0.05, 0.1) is 23.8 Å². The number of benzene rings is 2. The number of hydrogen-bond donors (Lipinski definition) is 2. The number of halogens is 6. The summed E-state index contributed by atoms with van der Waals surface area (Å²) in [5, 5.41) is 11.6. The molecule has 0 heterocycles. The van der Waals surface area contributed by atoms with Gasteiger partial charge in [-0.05, 0) is 30.2 Å². The Balaban J connectivity index is 2.28. The lowest BCUT2D eigenvalue weighted by Crippen LogP contribution is -2.39. The summed E-state index contributed by atoms with van der Waals surface area (Å²) in [7, 11) is 0. The molecule has 9 heteroatoms. The molecule has 2 aromatic carbocycles. The molecule has 0 aliphatic carbocycles. The molecule has 146 valence electrons. The van der Waals surface area contributed by atoms with Crippen molar-refractivity contribution in [2.75, 3.05) is 6.61 Å². The highest BCUT2D eigenvalue weighted by Gasteiger charge is 2.37. The summed E-state index contributed by atoms with van der Waals surface area (Å²) < 4.78 is 77.3. The van der Waals surface area contributed by atoms with Gasteiger partial charge < -0.3 is 10.4 Å². The van der Waals surface area contributed by atoms with E-state index in [1.807, 2.05) is 0 Å². The number of nitrogens with one attached hydrogen (secondary N) is 1. The minimum absolute atomic E-state index is 0.0513. The molecule has 0 saturated heterocycles. The van der Waals surface area contributed by atoms with E-state index in [1.165, 1.54) is 0 Å². The fourth-order valence-electron chi connectivity index (χ4n) is 2.41. The summed E-state index contributed by atoms with van der Waals surface area (Å²) >= 11 is 0. The highest BCUT2D eigenvalue weighted by Crippen LogP contribution is 2.36. The Hall–Kier alpha value is -2.55. The van der Waals surface area contributed by atoms with E-state index in [1.54, 1.807) is 30.3 Å². The van der Waals surface area contributed by atoms with E-state index in [-0.39, 0.29) is 12.5 Å². The monoisotopic (exact) mass is 391 g/mol. The molecule has 0 saturated carbocycles. The smallest absolute Gasteiger partial charge is 0.394 e. The second kappa shape index (κ2) is 7.99. The van der Waals surface area contributed by atoms with Crippen molar-refractivity contribution in [2.24, 2.45) is 0 Å². The number of rotatable bonds is 5. The van der Waals surface area contributed by atoms with Gasteiger partial charge in [-0.2, -0.15) is 26.3 Å². The Kier molecular flexibility index (Phi) is 6.15. The Morgan fingerprint density at radius 3 is 1.89 bits per heavy atom. The Labute approximate surface area is 150 Å². The van der Waals surface area contributed by atoms with E-state index in [2.05, 4.69) is 5.32 Å². The lowest BCUT2D eigenvalue weighted by molar-refractivity contribution is -0.143. The van der Waals surface area contributed by atoms with Crippen molar-refractivity contribution in [3.05, 3.63) is 70.8 Å². The number of carbonyl (C=O) groups excluding carboxylic acids is 1. The normalized spacial score (nSPS) is 13.3. The van der Waals surface area contributed by atoms with Crippen LogP contribution in [0, 0.1) is 0 Å². The van der Waals surface area contributed by atoms with Gasteiger partial charge in [-0.1, -0.05) is 30.3 Å². The summed E-state index contributed by atoms with van der Waals surface area (Å²) in [6.07, 6.45) is -9.93. The maximum absolute atomic E-state index is 12.9. The molecular weight excluding hydrogens is 376 g/mol. The van der Waals surface area contributed by atoms with Crippen LogP contribution in [0.25, 0.3) is 0 Å². The lowest BCUT2D eigenvalue weighted by Gasteiger charge is -2.18. The number of carbonyl (C=O) groups is 1. The minimum atomic E-state index is -5.04. The number of aliphatic hydroxyl groups is 1. The predicted molar refractivity (Wildman–Crippen MR) is 84.9 cm³/mol. The third-order valence-corrected chi connectivity index (χ3v) is 3.73. The van der Waals surface area contributed by atoms with Crippen LogP contribution in [-0.4, -0.2) is 23.7 Å². The van der Waals surface area contributed by atoms with Crippen LogP contribution in [0.2, 0.25) is 0 Å². The van der Waals surface area contributed by atoms with Crippen LogP contribution in [0.15, 0.2) is 48.5 Å². The Morgan fingerprint density at radius 1 is 0.926 bits per heavy atom. The highest BCUT2D eigenvalue weighted by molar-refractivity contribution is 5.94. The van der Waals surface area contributed by atoms with E-state index in [9.17, 15) is 36.2 Å². The van der Waals surface area contributed by atoms with Crippen LogP contribution >= 0.6 is 0 Å². The van der Waals surface area contributed by atoms with Gasteiger partial charge in [-0.15, -0.1) is 0 Å². The molecule has 0 aliphatic heterocycles. The molecule has 27 heavy (non-hydrogen) atoms. The Morgan fingerprint density at radius 2 is 1.44 bits per heavy atom. The van der Waals surface area contributed by atoms with Crippen molar-refractivity contribution in [1.82, 2.24) is 5.32 Å². The largest absolute Gasteiger partial charge is 0.416 e. The molecule has 3 nitrogen and oxygen atoms in total. The van der Waals surface area contributed by atoms with Gasteiger partial charge in [-0.3, -0.25) is 4.79 Å². The van der Waals surface area contributed by atoms with Gasteiger partial charge in [0, 0.05) is 5.56 Å². The molecule has 0 spiro atoms. The molecule has 0 unspecified atom stereocenters. The first-order chi connectivity index (χ1) is 12.5. The standard InChI is InChI=1S/C18H15F6NO2/c19-17(20,21)13-7-12(8-14(9-13)18(22,23)24)16(27)25-15(10-26)6-11-4-2-1-3-5-11/h1-5,7-9,15,26H,6,10H2,(H,25,27)/t15-/m0/s1. The van der Waals surface area contributed by atoms with Crippen molar-refractivity contribution < 1.29 is 36.2 Å². The zero-order chi connectivity index (χ0) is 20.2. The number of hydrogen-bond acceptors (Lipinski definition) is 2. The molecule has 1 atom stereocenters. The summed E-state index contributed by atoms with van der Waals surface area (Å²) in [5.41, 5.74) is -3.21. The maximum atomic E-state index is 12.9. The average Bonchev–Trinajstić information content (AvgIpc) is 2.60. The molecular formula is C18H15F6NO2. The van der Waals surface area contributed by atoms with Crippen molar-refractivity contribution in [3.8, 4) is 0 Å². The van der Waals surface area contributed by atoms with E-state index in [4.69, 9.17) is 0 Å². The predicted octanol–water partition coefficient (Wildman–Crippen LogP) is 4.06. The summed E-state index contributed by atoms with van der Waals surface area (Å²) in [4.78, 5) is 12.2. The van der Waals surface area contributed by atoms with Gasteiger partial charge in [0.25, 0.3) is 5.91 Å². The topological polar surface area (TPSA) is 49.3 Å². The number of alkyl halides is 6. The summed E-state index contributed by atoms with van der Waals surface area (Å²) in [5.74, 6) is -1.14. The molecule has 0 bridgehead atoms. The molecule has 0 aromatic heterocycles. The zero-order valence-electron chi connectivity index (χ0n) is 13.7. The molecule has 2 rings (SSSR count). The first-order valence-electron chi connectivity index (χ1n) is 7.76. The fourth-order valence-corrected chi connectivity index (χ4v) is 2.41. The third kappa shape index (κ3) is 5.72. The second-order valence-electron chi connectivity index (χ2n) is 5.84. The average molecular weight is 391 g/mol. The first kappa shape index (κ1) is 20.8. The summed E-state index contributed by atoms with van der Waals surface area (Å²) in [6, 6.07) is 8.37. The van der Waals surface area contributed by atoms with E-state index in [0.717, 1.165) is 5.56 Å². The van der Waals surface area contributed by atoms with Crippen LogP contribution in [0.3, 0.4) is 0 Å². The lowest BCUT2D eigenvalue weighted by atomic mass is 10.0. The van der Waals surface area contributed by atoms with Gasteiger partial charge in [0.15, 0.2) is 0 Å². The molecule has 0 fully saturated rings. The SMILES string of the molecule is O=C(N[C@H](CO)Cc1ccccc1)c1cc(C(F)(F)F)cc(C(F)(F)F)c1. The van der Waals surface area contributed by atoms with Crippen LogP contribution < -0.4 is 5.32 Å². The highest BCUT2D eigenvalue weighted by atomic mass is 19.4. The summed E-state index contributed by atoms with van der Waals surface area (Å²) in [6.45, 7) is -0.536. The second-order valence-corrected chi connectivity index (χ2v) is 5.84. The van der Waals surface area contributed by atoms with Gasteiger partial charge in [0.2, 0.25) is 0 Å². The van der Waals surface area contributed by atoms with Gasteiger partial charge >= 0.3 is 12.4 Å². The fraction of sp³-hybridized carbons (Fsp3) is 0.278. The Bertz CT molecular complexity index is 754. The van der Waals surface area contributed by atoms with Gasteiger partial charge in [0.1, 0.15) is 0 Å². The quantitative estimate of drug-likeness (QED) is 0.756. The van der Waals surface area contributed by atoms with Crippen LogP contribution in [0.4, 0.5) is 26.3 Å². The molecule has 0 radical (unpaired) electrons. The molecule has 2 aromatic rings. The van der Waals surface area contributed by atoms with Crippen LogP contribution in [0.5, 0.6) is 0 Å². The van der Waals surface area contributed by atoms with E-state index < -0.39 is 47.6 Å². The van der Waals surface area contributed by atoms with E-state index >= 15 is 0 Å². The van der Waals surface area contributed by atoms with Crippen LogP contribution in [0.1, 0.15) is 27.0 Å². The molecule has 2 N–H and O–H groups in total. The zero-order valence-corrected chi connectivity index (χ0v) is 13.7. The van der Waals surface area contributed by atoms with Crippen molar-refractivity contribution in [2.45, 2.75) is 24.8 Å². The van der Waals surface area contributed by atoms with Crippen molar-refractivity contribution in [1.29, 1.82) is 0 Å². The number of amides is 1. The van der Waals surface area contributed by atoms with Gasteiger partial charge in [-0.25, -0.2) is 0 Å². The minimum Gasteiger partial charge on any atom is -0.394 e. The number of aliphatic hydroxyl groups excluding tert-OH is 1. The van der Waals surface area contributed by atoms with E-state index in [0.29, 0.717) is 12.1 Å².